The van der Waals surface area contributed by atoms with Crippen LogP contribution in [0.2, 0.25) is 0 Å². The summed E-state index contributed by atoms with van der Waals surface area (Å²) in [5.41, 5.74) is 1.16. The predicted molar refractivity (Wildman–Crippen MR) is 92.7 cm³/mol. The first kappa shape index (κ1) is 17.8. The first-order chi connectivity index (χ1) is 11.5. The summed E-state index contributed by atoms with van der Waals surface area (Å²) in [5.74, 6) is 1.85. The number of benzene rings is 1. The molecule has 0 amide bonds. The highest BCUT2D eigenvalue weighted by Crippen LogP contribution is 2.28. The van der Waals surface area contributed by atoms with Crippen LogP contribution in [0.25, 0.3) is 6.08 Å². The van der Waals surface area contributed by atoms with Gasteiger partial charge in [-0.3, -0.25) is 4.79 Å². The van der Waals surface area contributed by atoms with Crippen molar-refractivity contribution < 1.29 is 18.7 Å². The minimum absolute atomic E-state index is 0.149. The second-order valence-corrected chi connectivity index (χ2v) is 5.68. The molecule has 24 heavy (non-hydrogen) atoms. The van der Waals surface area contributed by atoms with Gasteiger partial charge in [0.15, 0.2) is 17.4 Å². The lowest BCUT2D eigenvalue weighted by atomic mass is 10.1. The van der Waals surface area contributed by atoms with Crippen molar-refractivity contribution >= 4 is 11.9 Å². The minimum Gasteiger partial charge on any atom is -0.493 e. The standard InChI is InChI=1S/C19H23NO4/c1-5-10-23-18-11-14(7-9-17(18)22-4)6-8-16(21)15-12-24-19(20-15)13(2)3/h6-9,11-13H,5,10H2,1-4H3/b8-6+. The van der Waals surface area contributed by atoms with Crippen molar-refractivity contribution in [2.45, 2.75) is 33.1 Å². The highest BCUT2D eigenvalue weighted by molar-refractivity contribution is 6.05. The van der Waals surface area contributed by atoms with E-state index >= 15 is 0 Å². The Kier molecular flexibility index (Phi) is 6.18. The molecule has 1 heterocycles. The van der Waals surface area contributed by atoms with E-state index in [0.717, 1.165) is 12.0 Å². The molecule has 1 aromatic carbocycles. The van der Waals surface area contributed by atoms with Crippen LogP contribution in [0.3, 0.4) is 0 Å². The number of hydrogen-bond acceptors (Lipinski definition) is 5. The van der Waals surface area contributed by atoms with Gasteiger partial charge in [-0.25, -0.2) is 4.98 Å². The summed E-state index contributed by atoms with van der Waals surface area (Å²) < 4.78 is 16.2. The number of aromatic nitrogens is 1. The van der Waals surface area contributed by atoms with Crippen LogP contribution in [0.15, 0.2) is 35.0 Å². The van der Waals surface area contributed by atoms with Crippen LogP contribution >= 0.6 is 0 Å². The summed E-state index contributed by atoms with van der Waals surface area (Å²) in [6.45, 7) is 6.58. The molecule has 0 saturated heterocycles. The molecule has 0 atom stereocenters. The van der Waals surface area contributed by atoms with Gasteiger partial charge in [0.05, 0.1) is 13.7 Å². The van der Waals surface area contributed by atoms with Crippen LogP contribution in [-0.4, -0.2) is 24.5 Å². The summed E-state index contributed by atoms with van der Waals surface area (Å²) in [4.78, 5) is 16.4. The summed E-state index contributed by atoms with van der Waals surface area (Å²) in [5, 5.41) is 0. The third-order valence-corrected chi connectivity index (χ3v) is 3.34. The van der Waals surface area contributed by atoms with Crippen molar-refractivity contribution in [2.24, 2.45) is 0 Å². The van der Waals surface area contributed by atoms with E-state index in [4.69, 9.17) is 13.9 Å². The fraction of sp³-hybridized carbons (Fsp3) is 0.368. The molecule has 2 aromatic rings. The van der Waals surface area contributed by atoms with Gasteiger partial charge in [0, 0.05) is 5.92 Å². The number of oxazole rings is 1. The smallest absolute Gasteiger partial charge is 0.207 e. The summed E-state index contributed by atoms with van der Waals surface area (Å²) in [6.07, 6.45) is 5.51. The van der Waals surface area contributed by atoms with Gasteiger partial charge in [-0.2, -0.15) is 0 Å². The Labute approximate surface area is 142 Å². The lowest BCUT2D eigenvalue weighted by Gasteiger charge is -2.10. The van der Waals surface area contributed by atoms with Gasteiger partial charge in [0.1, 0.15) is 12.0 Å². The van der Waals surface area contributed by atoms with Crippen molar-refractivity contribution in [1.82, 2.24) is 4.98 Å². The maximum Gasteiger partial charge on any atom is 0.207 e. The van der Waals surface area contributed by atoms with Crippen molar-refractivity contribution in [3.63, 3.8) is 0 Å². The molecule has 0 aliphatic carbocycles. The Bertz CT molecular complexity index is 716. The van der Waals surface area contributed by atoms with Crippen LogP contribution in [0, 0.1) is 0 Å². The monoisotopic (exact) mass is 329 g/mol. The Morgan fingerprint density at radius 1 is 1.33 bits per heavy atom. The molecular weight excluding hydrogens is 306 g/mol. The van der Waals surface area contributed by atoms with E-state index in [0.29, 0.717) is 29.7 Å². The molecule has 0 radical (unpaired) electrons. The molecule has 2 rings (SSSR count). The third kappa shape index (κ3) is 4.47. The fourth-order valence-electron chi connectivity index (χ4n) is 2.05. The highest BCUT2D eigenvalue weighted by atomic mass is 16.5. The van der Waals surface area contributed by atoms with Gasteiger partial charge in [0.2, 0.25) is 5.78 Å². The molecule has 0 aliphatic heterocycles. The van der Waals surface area contributed by atoms with Gasteiger partial charge in [0.25, 0.3) is 0 Å². The van der Waals surface area contributed by atoms with Crippen LogP contribution < -0.4 is 9.47 Å². The van der Waals surface area contributed by atoms with Gasteiger partial charge in [-0.1, -0.05) is 32.9 Å². The van der Waals surface area contributed by atoms with Gasteiger partial charge < -0.3 is 13.9 Å². The Balaban J connectivity index is 2.13. The van der Waals surface area contributed by atoms with E-state index in [2.05, 4.69) is 4.98 Å². The number of hydrogen-bond donors (Lipinski definition) is 0. The van der Waals surface area contributed by atoms with Crippen molar-refractivity contribution in [1.29, 1.82) is 0 Å². The van der Waals surface area contributed by atoms with E-state index < -0.39 is 0 Å². The topological polar surface area (TPSA) is 61.6 Å². The second-order valence-electron chi connectivity index (χ2n) is 5.68. The first-order valence-electron chi connectivity index (χ1n) is 8.03. The van der Waals surface area contributed by atoms with Crippen LogP contribution in [0.1, 0.15) is 55.1 Å². The van der Waals surface area contributed by atoms with E-state index in [1.807, 2.05) is 39.0 Å². The average Bonchev–Trinajstić information content (AvgIpc) is 3.08. The zero-order valence-corrected chi connectivity index (χ0v) is 14.5. The minimum atomic E-state index is -0.197. The lowest BCUT2D eigenvalue weighted by molar-refractivity contribution is 0.104. The molecule has 0 saturated carbocycles. The van der Waals surface area contributed by atoms with Crippen LogP contribution in [-0.2, 0) is 0 Å². The number of rotatable bonds is 8. The number of allylic oxidation sites excluding steroid dienone is 1. The van der Waals surface area contributed by atoms with E-state index in [1.165, 1.54) is 12.3 Å². The summed E-state index contributed by atoms with van der Waals surface area (Å²) in [6, 6.07) is 5.53. The van der Waals surface area contributed by atoms with Crippen molar-refractivity contribution in [3.8, 4) is 11.5 Å². The number of nitrogens with zero attached hydrogens (tertiary/aromatic N) is 1. The van der Waals surface area contributed by atoms with Gasteiger partial charge in [-0.05, 0) is 30.2 Å². The van der Waals surface area contributed by atoms with E-state index in [9.17, 15) is 4.79 Å². The van der Waals surface area contributed by atoms with Crippen molar-refractivity contribution in [2.75, 3.05) is 13.7 Å². The molecule has 128 valence electrons. The maximum absolute atomic E-state index is 12.2. The van der Waals surface area contributed by atoms with E-state index in [1.54, 1.807) is 13.2 Å². The Morgan fingerprint density at radius 3 is 2.75 bits per heavy atom. The fourth-order valence-corrected chi connectivity index (χ4v) is 2.05. The zero-order valence-electron chi connectivity index (χ0n) is 14.5. The number of carbonyl (C=O) groups is 1. The molecule has 5 heteroatoms. The largest absolute Gasteiger partial charge is 0.493 e. The van der Waals surface area contributed by atoms with Crippen molar-refractivity contribution in [3.05, 3.63) is 47.7 Å². The first-order valence-corrected chi connectivity index (χ1v) is 8.03. The molecule has 1 aromatic heterocycles. The van der Waals surface area contributed by atoms with Crippen LogP contribution in [0.5, 0.6) is 11.5 Å². The van der Waals surface area contributed by atoms with Gasteiger partial charge >= 0.3 is 0 Å². The average molecular weight is 329 g/mol. The Morgan fingerprint density at radius 2 is 2.12 bits per heavy atom. The maximum atomic E-state index is 12.2. The molecule has 0 spiro atoms. The van der Waals surface area contributed by atoms with Crippen LogP contribution in [0.4, 0.5) is 0 Å². The highest BCUT2D eigenvalue weighted by Gasteiger charge is 2.12. The molecule has 5 nitrogen and oxygen atoms in total. The zero-order chi connectivity index (χ0) is 17.5. The third-order valence-electron chi connectivity index (χ3n) is 3.34. The number of ketones is 1. The predicted octanol–water partition coefficient (Wildman–Crippen LogP) is 4.49. The number of methoxy groups -OCH3 is 1. The molecule has 0 fully saturated rings. The molecule has 0 unspecified atom stereocenters. The van der Waals surface area contributed by atoms with Gasteiger partial charge in [-0.15, -0.1) is 0 Å². The number of ether oxygens (including phenoxy) is 2. The molecule has 0 aliphatic rings. The molecule has 0 N–H and O–H groups in total. The quantitative estimate of drug-likeness (QED) is 0.527. The Hall–Kier alpha value is -2.56. The number of carbonyl (C=O) groups excluding carboxylic acids is 1. The molecular formula is C19H23NO4. The SMILES string of the molecule is CCCOc1cc(/C=C/C(=O)c2coc(C(C)C)n2)ccc1OC. The van der Waals surface area contributed by atoms with E-state index in [-0.39, 0.29) is 11.7 Å². The second kappa shape index (κ2) is 8.34. The molecule has 0 bridgehead atoms. The summed E-state index contributed by atoms with van der Waals surface area (Å²) in [7, 11) is 1.60. The lowest BCUT2D eigenvalue weighted by Crippen LogP contribution is -1.98. The normalized spacial score (nSPS) is 11.2. The summed E-state index contributed by atoms with van der Waals surface area (Å²) >= 11 is 0.